The Labute approximate surface area is 190 Å². The summed E-state index contributed by atoms with van der Waals surface area (Å²) in [5, 5.41) is 5.92. The summed E-state index contributed by atoms with van der Waals surface area (Å²) in [6.45, 7) is 2.44. The Balaban J connectivity index is 1.52. The zero-order valence-electron chi connectivity index (χ0n) is 17.8. The minimum atomic E-state index is -0.208. The van der Waals surface area contributed by atoms with Crippen molar-refractivity contribution in [2.75, 3.05) is 13.7 Å². The standard InChI is InChI=1S/C24H23ClN4O3/c1-15(26)18-5-3-16(13-20(18)25)21-7-8-24(30)29(28-21)11-12-32-23-9-10-27-22-14-17(31-2)4-6-19(22)23/h3-10,13-15H,11-12,26H2,1-2H3/t15-/m1/s1. The van der Waals surface area contributed by atoms with Crippen molar-refractivity contribution in [1.29, 1.82) is 0 Å². The number of fused-ring (bicyclic) bond motifs is 1. The van der Waals surface area contributed by atoms with Crippen molar-refractivity contribution >= 4 is 22.5 Å². The molecule has 0 bridgehead atoms. The maximum Gasteiger partial charge on any atom is 0.266 e. The molecule has 1 atom stereocenters. The van der Waals surface area contributed by atoms with Crippen molar-refractivity contribution in [3.05, 3.63) is 81.7 Å². The van der Waals surface area contributed by atoms with Crippen LogP contribution in [0.1, 0.15) is 18.5 Å². The maximum absolute atomic E-state index is 12.3. The first-order valence-corrected chi connectivity index (χ1v) is 10.5. The van der Waals surface area contributed by atoms with Crippen LogP contribution < -0.4 is 20.8 Å². The molecule has 0 saturated carbocycles. The number of pyridine rings is 1. The van der Waals surface area contributed by atoms with E-state index in [2.05, 4.69) is 10.1 Å². The molecule has 4 aromatic rings. The van der Waals surface area contributed by atoms with Gasteiger partial charge in [-0.15, -0.1) is 0 Å². The Hall–Kier alpha value is -3.42. The molecule has 0 amide bonds. The van der Waals surface area contributed by atoms with E-state index in [1.165, 1.54) is 10.7 Å². The van der Waals surface area contributed by atoms with Crippen LogP contribution in [0.5, 0.6) is 11.5 Å². The summed E-state index contributed by atoms with van der Waals surface area (Å²) >= 11 is 6.35. The summed E-state index contributed by atoms with van der Waals surface area (Å²) in [6, 6.07) is 16.0. The first-order chi connectivity index (χ1) is 15.5. The van der Waals surface area contributed by atoms with E-state index >= 15 is 0 Å². The molecule has 2 heterocycles. The Kier molecular flexibility index (Phi) is 6.39. The lowest BCUT2D eigenvalue weighted by Crippen LogP contribution is -2.25. The van der Waals surface area contributed by atoms with E-state index in [0.717, 1.165) is 27.8 Å². The molecule has 4 rings (SSSR count). The number of ether oxygens (including phenoxy) is 2. The molecular formula is C24H23ClN4O3. The van der Waals surface area contributed by atoms with Crippen LogP contribution in [0.3, 0.4) is 0 Å². The maximum atomic E-state index is 12.3. The Morgan fingerprint density at radius 3 is 2.72 bits per heavy atom. The monoisotopic (exact) mass is 450 g/mol. The fourth-order valence-electron chi connectivity index (χ4n) is 3.42. The van der Waals surface area contributed by atoms with Gasteiger partial charge in [-0.1, -0.05) is 23.7 Å². The van der Waals surface area contributed by atoms with Crippen LogP contribution in [0.4, 0.5) is 0 Å². The number of methoxy groups -OCH3 is 1. The lowest BCUT2D eigenvalue weighted by molar-refractivity contribution is 0.291. The average Bonchev–Trinajstić information content (AvgIpc) is 2.79. The SMILES string of the molecule is COc1ccc2c(OCCn3nc(-c4ccc([C@@H](C)N)c(Cl)c4)ccc3=O)ccnc2c1. The minimum Gasteiger partial charge on any atom is -0.497 e. The lowest BCUT2D eigenvalue weighted by Gasteiger charge is -2.12. The zero-order valence-corrected chi connectivity index (χ0v) is 18.5. The smallest absolute Gasteiger partial charge is 0.266 e. The van der Waals surface area contributed by atoms with Gasteiger partial charge < -0.3 is 15.2 Å². The third-order valence-corrected chi connectivity index (χ3v) is 5.45. The fourth-order valence-corrected chi connectivity index (χ4v) is 3.77. The summed E-state index contributed by atoms with van der Waals surface area (Å²) in [7, 11) is 1.61. The number of hydrogen-bond acceptors (Lipinski definition) is 6. The van der Waals surface area contributed by atoms with Gasteiger partial charge in [0.2, 0.25) is 0 Å². The summed E-state index contributed by atoms with van der Waals surface area (Å²) in [6.07, 6.45) is 1.68. The van der Waals surface area contributed by atoms with Crippen molar-refractivity contribution in [3.8, 4) is 22.8 Å². The topological polar surface area (TPSA) is 92.3 Å². The molecule has 0 aliphatic carbocycles. The van der Waals surface area contributed by atoms with Gasteiger partial charge in [0, 0.05) is 40.3 Å². The average molecular weight is 451 g/mol. The summed E-state index contributed by atoms with van der Waals surface area (Å²) in [5.41, 5.74) is 8.80. The van der Waals surface area contributed by atoms with E-state index in [4.69, 9.17) is 26.8 Å². The van der Waals surface area contributed by atoms with Gasteiger partial charge in [0.25, 0.3) is 5.56 Å². The molecule has 7 nitrogen and oxygen atoms in total. The third-order valence-electron chi connectivity index (χ3n) is 5.12. The Bertz CT molecular complexity index is 1320. The van der Waals surface area contributed by atoms with E-state index in [1.54, 1.807) is 25.4 Å². The number of hydrogen-bond donors (Lipinski definition) is 1. The van der Waals surface area contributed by atoms with E-state index < -0.39 is 0 Å². The highest BCUT2D eigenvalue weighted by molar-refractivity contribution is 6.31. The molecule has 8 heteroatoms. The van der Waals surface area contributed by atoms with Crippen molar-refractivity contribution in [1.82, 2.24) is 14.8 Å². The second kappa shape index (κ2) is 9.38. The van der Waals surface area contributed by atoms with Crippen molar-refractivity contribution in [3.63, 3.8) is 0 Å². The van der Waals surface area contributed by atoms with Crippen LogP contribution in [0, 0.1) is 0 Å². The minimum absolute atomic E-state index is 0.166. The van der Waals surface area contributed by atoms with E-state index in [0.29, 0.717) is 16.5 Å². The highest BCUT2D eigenvalue weighted by Crippen LogP contribution is 2.28. The first-order valence-electron chi connectivity index (χ1n) is 10.2. The van der Waals surface area contributed by atoms with Gasteiger partial charge in [-0.2, -0.15) is 5.10 Å². The van der Waals surface area contributed by atoms with Crippen LogP contribution in [0.25, 0.3) is 22.2 Å². The van der Waals surface area contributed by atoms with Crippen LogP contribution in [0.2, 0.25) is 5.02 Å². The normalized spacial score (nSPS) is 12.0. The molecule has 32 heavy (non-hydrogen) atoms. The van der Waals surface area contributed by atoms with Gasteiger partial charge in [-0.05, 0) is 42.8 Å². The Morgan fingerprint density at radius 2 is 1.97 bits per heavy atom. The van der Waals surface area contributed by atoms with Gasteiger partial charge >= 0.3 is 0 Å². The van der Waals surface area contributed by atoms with Crippen LogP contribution >= 0.6 is 11.6 Å². The molecule has 0 radical (unpaired) electrons. The van der Waals surface area contributed by atoms with Crippen LogP contribution in [0.15, 0.2) is 65.6 Å². The van der Waals surface area contributed by atoms with E-state index in [1.807, 2.05) is 43.3 Å². The number of nitrogens with zero attached hydrogens (tertiary/aromatic N) is 3. The van der Waals surface area contributed by atoms with E-state index in [-0.39, 0.29) is 24.8 Å². The largest absolute Gasteiger partial charge is 0.497 e. The van der Waals surface area contributed by atoms with Crippen LogP contribution in [-0.4, -0.2) is 28.5 Å². The summed E-state index contributed by atoms with van der Waals surface area (Å²) < 4.78 is 12.6. The number of rotatable bonds is 7. The third kappa shape index (κ3) is 4.59. The van der Waals surface area contributed by atoms with Gasteiger partial charge in [0.15, 0.2) is 0 Å². The van der Waals surface area contributed by atoms with Crippen molar-refractivity contribution in [2.45, 2.75) is 19.5 Å². The second-order valence-corrected chi connectivity index (χ2v) is 7.75. The van der Waals surface area contributed by atoms with E-state index in [9.17, 15) is 4.79 Å². The summed E-state index contributed by atoms with van der Waals surface area (Å²) in [5.74, 6) is 1.41. The Morgan fingerprint density at radius 1 is 1.12 bits per heavy atom. The molecule has 0 unspecified atom stereocenters. The van der Waals surface area contributed by atoms with Gasteiger partial charge in [-0.3, -0.25) is 9.78 Å². The number of aromatic nitrogens is 3. The lowest BCUT2D eigenvalue weighted by atomic mass is 10.0. The second-order valence-electron chi connectivity index (χ2n) is 7.35. The van der Waals surface area contributed by atoms with Gasteiger partial charge in [-0.25, -0.2) is 4.68 Å². The molecule has 2 aromatic heterocycles. The molecule has 0 aliphatic rings. The molecule has 2 aromatic carbocycles. The zero-order chi connectivity index (χ0) is 22.7. The predicted molar refractivity (Wildman–Crippen MR) is 125 cm³/mol. The molecule has 0 saturated heterocycles. The molecule has 164 valence electrons. The molecule has 0 aliphatic heterocycles. The van der Waals surface area contributed by atoms with Crippen molar-refractivity contribution < 1.29 is 9.47 Å². The molecular weight excluding hydrogens is 428 g/mol. The molecule has 0 spiro atoms. The van der Waals surface area contributed by atoms with Gasteiger partial charge in [0.05, 0.1) is 24.9 Å². The number of nitrogens with two attached hydrogens (primary N) is 1. The predicted octanol–water partition coefficient (Wildman–Crippen LogP) is 4.22. The summed E-state index contributed by atoms with van der Waals surface area (Å²) in [4.78, 5) is 16.7. The number of benzene rings is 2. The van der Waals surface area contributed by atoms with Crippen LogP contribution in [-0.2, 0) is 6.54 Å². The molecule has 0 fully saturated rings. The number of halogens is 1. The van der Waals surface area contributed by atoms with Gasteiger partial charge in [0.1, 0.15) is 18.1 Å². The first kappa shape index (κ1) is 21.8. The van der Waals surface area contributed by atoms with Crippen molar-refractivity contribution in [2.24, 2.45) is 5.73 Å². The molecule has 2 N–H and O–H groups in total. The highest BCUT2D eigenvalue weighted by Gasteiger charge is 2.10. The quantitative estimate of drug-likeness (QED) is 0.453. The fraction of sp³-hybridized carbons (Fsp3) is 0.208. The highest BCUT2D eigenvalue weighted by atomic mass is 35.5.